The third-order valence-corrected chi connectivity index (χ3v) is 2.46. The minimum Gasteiger partial charge on any atom is -0.485 e. The van der Waals surface area contributed by atoms with Gasteiger partial charge in [0.1, 0.15) is 11.6 Å². The molecule has 17 heavy (non-hydrogen) atoms. The van der Waals surface area contributed by atoms with Gasteiger partial charge in [0.05, 0.1) is 6.26 Å². The number of halogens is 2. The molecule has 1 aromatic heterocycles. The Morgan fingerprint density at radius 1 is 1.41 bits per heavy atom. The number of ether oxygens (including phenoxy) is 1. The van der Waals surface area contributed by atoms with Gasteiger partial charge >= 0.3 is 0 Å². The lowest BCUT2D eigenvalue weighted by Crippen LogP contribution is -2.10. The van der Waals surface area contributed by atoms with Gasteiger partial charge in [-0.2, -0.15) is 0 Å². The Morgan fingerprint density at radius 3 is 2.88 bits per heavy atom. The Hall–Kier alpha value is -1.62. The van der Waals surface area contributed by atoms with Gasteiger partial charge in [-0.25, -0.2) is 4.39 Å². The second-order valence-electron chi connectivity index (χ2n) is 3.29. The molecule has 0 fully saturated rings. The summed E-state index contributed by atoms with van der Waals surface area (Å²) in [5.74, 6) is -0.215. The Morgan fingerprint density at radius 2 is 2.24 bits per heavy atom. The van der Waals surface area contributed by atoms with Gasteiger partial charge in [-0.3, -0.25) is 4.79 Å². The molecule has 0 amide bonds. The van der Waals surface area contributed by atoms with Gasteiger partial charge in [-0.05, 0) is 24.3 Å². The molecule has 0 bridgehead atoms. The van der Waals surface area contributed by atoms with Crippen molar-refractivity contribution in [2.75, 3.05) is 6.61 Å². The number of carbonyl (C=O) groups is 1. The zero-order valence-electron chi connectivity index (χ0n) is 8.65. The number of carbonyl (C=O) groups excluding carboxylic acids is 1. The van der Waals surface area contributed by atoms with Crippen LogP contribution in [0.15, 0.2) is 45.5 Å². The fourth-order valence-corrected chi connectivity index (χ4v) is 1.71. The molecule has 0 atom stereocenters. The average Bonchev–Trinajstić information content (AvgIpc) is 2.78. The van der Waals surface area contributed by atoms with E-state index in [1.54, 1.807) is 18.2 Å². The van der Waals surface area contributed by atoms with Crippen LogP contribution >= 0.6 is 15.9 Å². The summed E-state index contributed by atoms with van der Waals surface area (Å²) < 4.78 is 23.7. The molecule has 2 aromatic rings. The first-order valence-electron chi connectivity index (χ1n) is 4.81. The van der Waals surface area contributed by atoms with E-state index in [0.29, 0.717) is 4.47 Å². The zero-order valence-corrected chi connectivity index (χ0v) is 10.2. The van der Waals surface area contributed by atoms with Crippen LogP contribution < -0.4 is 4.74 Å². The normalized spacial score (nSPS) is 10.2. The molecular weight excluding hydrogens is 291 g/mol. The zero-order chi connectivity index (χ0) is 12.3. The van der Waals surface area contributed by atoms with Gasteiger partial charge in [0.2, 0.25) is 5.78 Å². The van der Waals surface area contributed by atoms with Crippen LogP contribution in [-0.4, -0.2) is 12.4 Å². The van der Waals surface area contributed by atoms with E-state index in [9.17, 15) is 9.18 Å². The largest absolute Gasteiger partial charge is 0.485 e. The Bertz CT molecular complexity index is 502. The van der Waals surface area contributed by atoms with Crippen LogP contribution in [0, 0.1) is 5.82 Å². The standard InChI is InChI=1S/C12H8BrFO3/c13-8-4-9(14)6-10(5-8)17-7-11(15)12-2-1-3-16-12/h1-6H,7H2. The molecular formula is C12H8BrFO3. The van der Waals surface area contributed by atoms with Crippen molar-refractivity contribution in [3.63, 3.8) is 0 Å². The first kappa shape index (κ1) is 11.9. The molecule has 0 aliphatic carbocycles. The summed E-state index contributed by atoms with van der Waals surface area (Å²) in [6, 6.07) is 7.26. The smallest absolute Gasteiger partial charge is 0.235 e. The molecule has 0 aliphatic heterocycles. The molecule has 0 N–H and O–H groups in total. The topological polar surface area (TPSA) is 39.4 Å². The Balaban J connectivity index is 2.00. The molecule has 2 rings (SSSR count). The molecule has 0 radical (unpaired) electrons. The van der Waals surface area contributed by atoms with Crippen molar-refractivity contribution in [1.29, 1.82) is 0 Å². The van der Waals surface area contributed by atoms with E-state index >= 15 is 0 Å². The lowest BCUT2D eigenvalue weighted by atomic mass is 10.3. The molecule has 0 aliphatic rings. The number of furan rings is 1. The third kappa shape index (κ3) is 3.17. The summed E-state index contributed by atoms with van der Waals surface area (Å²) in [6.07, 6.45) is 1.41. The monoisotopic (exact) mass is 298 g/mol. The molecule has 1 aromatic carbocycles. The summed E-state index contributed by atoms with van der Waals surface area (Å²) in [7, 11) is 0. The average molecular weight is 299 g/mol. The maximum atomic E-state index is 13.0. The van der Waals surface area contributed by atoms with Crippen molar-refractivity contribution in [2.24, 2.45) is 0 Å². The minimum atomic E-state index is -0.431. The van der Waals surface area contributed by atoms with Gasteiger partial charge in [-0.1, -0.05) is 15.9 Å². The Labute approximate surface area is 105 Å². The Kier molecular flexibility index (Phi) is 3.58. The molecule has 1 heterocycles. The second-order valence-corrected chi connectivity index (χ2v) is 4.21. The maximum absolute atomic E-state index is 13.0. The van der Waals surface area contributed by atoms with E-state index in [0.717, 1.165) is 0 Å². The molecule has 5 heteroatoms. The molecule has 3 nitrogen and oxygen atoms in total. The second kappa shape index (κ2) is 5.14. The predicted molar refractivity (Wildman–Crippen MR) is 62.6 cm³/mol. The molecule has 0 spiro atoms. The number of ketones is 1. The highest BCUT2D eigenvalue weighted by molar-refractivity contribution is 9.10. The van der Waals surface area contributed by atoms with Gasteiger partial charge in [0.25, 0.3) is 0 Å². The van der Waals surface area contributed by atoms with Gasteiger partial charge in [0, 0.05) is 10.5 Å². The minimum absolute atomic E-state index is 0.191. The summed E-state index contributed by atoms with van der Waals surface area (Å²) in [6.45, 7) is -0.191. The molecule has 0 unspecified atom stereocenters. The van der Waals surface area contributed by atoms with Crippen molar-refractivity contribution in [1.82, 2.24) is 0 Å². The van der Waals surface area contributed by atoms with Gasteiger partial charge in [-0.15, -0.1) is 0 Å². The predicted octanol–water partition coefficient (Wildman–Crippen LogP) is 3.44. The summed E-state index contributed by atoms with van der Waals surface area (Å²) in [4.78, 5) is 11.5. The van der Waals surface area contributed by atoms with E-state index in [-0.39, 0.29) is 23.9 Å². The highest BCUT2D eigenvalue weighted by atomic mass is 79.9. The van der Waals surface area contributed by atoms with Gasteiger partial charge < -0.3 is 9.15 Å². The van der Waals surface area contributed by atoms with Crippen LogP contribution in [0.5, 0.6) is 5.75 Å². The third-order valence-electron chi connectivity index (χ3n) is 2.00. The van der Waals surface area contributed by atoms with E-state index in [2.05, 4.69) is 15.9 Å². The van der Waals surface area contributed by atoms with Gasteiger partial charge in [0.15, 0.2) is 12.4 Å². The molecule has 88 valence electrons. The lowest BCUT2D eigenvalue weighted by molar-refractivity contribution is 0.0893. The summed E-state index contributed by atoms with van der Waals surface area (Å²) in [5, 5.41) is 0. The number of hydrogen-bond donors (Lipinski definition) is 0. The molecule has 0 saturated heterocycles. The summed E-state index contributed by atoms with van der Waals surface area (Å²) in [5.41, 5.74) is 0. The highest BCUT2D eigenvalue weighted by Gasteiger charge is 2.10. The number of benzene rings is 1. The molecule has 0 saturated carbocycles. The first-order chi connectivity index (χ1) is 8.15. The van der Waals surface area contributed by atoms with Crippen molar-refractivity contribution in [3.8, 4) is 5.75 Å². The van der Waals surface area contributed by atoms with Crippen LogP contribution in [0.4, 0.5) is 4.39 Å². The number of Topliss-reactive ketones (excluding diaryl/α,β-unsaturated/α-hetero) is 1. The van der Waals surface area contributed by atoms with E-state index < -0.39 is 5.82 Å². The van der Waals surface area contributed by atoms with E-state index in [1.807, 2.05) is 0 Å². The lowest BCUT2D eigenvalue weighted by Gasteiger charge is -2.04. The van der Waals surface area contributed by atoms with Crippen molar-refractivity contribution < 1.29 is 18.3 Å². The SMILES string of the molecule is O=C(COc1cc(F)cc(Br)c1)c1ccco1. The van der Waals surface area contributed by atoms with Crippen molar-refractivity contribution >= 4 is 21.7 Å². The van der Waals surface area contributed by atoms with E-state index in [1.165, 1.54) is 18.4 Å². The van der Waals surface area contributed by atoms with Crippen LogP contribution in [-0.2, 0) is 0 Å². The maximum Gasteiger partial charge on any atom is 0.235 e. The van der Waals surface area contributed by atoms with E-state index in [4.69, 9.17) is 9.15 Å². The highest BCUT2D eigenvalue weighted by Crippen LogP contribution is 2.20. The van der Waals surface area contributed by atoms with Crippen LogP contribution in [0.25, 0.3) is 0 Å². The number of hydrogen-bond acceptors (Lipinski definition) is 3. The quantitative estimate of drug-likeness (QED) is 0.812. The summed E-state index contributed by atoms with van der Waals surface area (Å²) >= 11 is 3.14. The van der Waals surface area contributed by atoms with Crippen LogP contribution in [0.2, 0.25) is 0 Å². The van der Waals surface area contributed by atoms with Crippen LogP contribution in [0.1, 0.15) is 10.6 Å². The fraction of sp³-hybridized carbons (Fsp3) is 0.0833. The first-order valence-corrected chi connectivity index (χ1v) is 5.60. The fourth-order valence-electron chi connectivity index (χ4n) is 1.27. The van der Waals surface area contributed by atoms with Crippen molar-refractivity contribution in [2.45, 2.75) is 0 Å². The van der Waals surface area contributed by atoms with Crippen LogP contribution in [0.3, 0.4) is 0 Å². The number of rotatable bonds is 4. The van der Waals surface area contributed by atoms with Crippen molar-refractivity contribution in [3.05, 3.63) is 52.6 Å².